The van der Waals surface area contributed by atoms with Crippen molar-refractivity contribution in [3.8, 4) is 0 Å². The molecule has 23 heavy (non-hydrogen) atoms. The Hall–Kier alpha value is -0.0400. The fraction of sp³-hybridized carbons (Fsp3) is 1.00. The van der Waals surface area contributed by atoms with Crippen molar-refractivity contribution < 1.29 is 4.48 Å². The van der Waals surface area contributed by atoms with Crippen molar-refractivity contribution in [1.82, 2.24) is 0 Å². The molecular weight excluding hydrogens is 278 g/mol. The summed E-state index contributed by atoms with van der Waals surface area (Å²) >= 11 is 0. The molecule has 0 spiro atoms. The third-order valence-corrected chi connectivity index (χ3v) is 6.96. The van der Waals surface area contributed by atoms with Crippen LogP contribution in [-0.4, -0.2) is 29.7 Å². The molecule has 0 aliphatic heterocycles. The number of hydrogen-bond donors (Lipinski definition) is 0. The van der Waals surface area contributed by atoms with E-state index in [0.29, 0.717) is 0 Å². The van der Waals surface area contributed by atoms with E-state index < -0.39 is 0 Å². The Morgan fingerprint density at radius 2 is 0.957 bits per heavy atom. The summed E-state index contributed by atoms with van der Waals surface area (Å²) < 4.78 is 1.56. The van der Waals surface area contributed by atoms with Crippen molar-refractivity contribution in [2.75, 3.05) is 13.1 Å². The molecule has 2 aliphatic rings. The Labute approximate surface area is 146 Å². The van der Waals surface area contributed by atoms with Crippen molar-refractivity contribution in [2.24, 2.45) is 0 Å². The van der Waals surface area contributed by atoms with Crippen LogP contribution in [0.3, 0.4) is 0 Å². The van der Waals surface area contributed by atoms with E-state index >= 15 is 0 Å². The monoisotopic (exact) mass is 322 g/mol. The molecule has 1 nitrogen and oxygen atoms in total. The van der Waals surface area contributed by atoms with Crippen LogP contribution in [0, 0.1) is 0 Å². The van der Waals surface area contributed by atoms with Crippen LogP contribution in [0.1, 0.15) is 117 Å². The molecule has 2 aliphatic carbocycles. The van der Waals surface area contributed by atoms with Crippen molar-refractivity contribution in [3.05, 3.63) is 0 Å². The summed E-state index contributed by atoms with van der Waals surface area (Å²) in [5, 5.41) is 0. The van der Waals surface area contributed by atoms with Gasteiger partial charge in [0.15, 0.2) is 0 Å². The zero-order chi connectivity index (χ0) is 16.4. The number of unbranched alkanes of at least 4 members (excludes halogenated alkanes) is 4. The van der Waals surface area contributed by atoms with Crippen molar-refractivity contribution in [2.45, 2.75) is 129 Å². The summed E-state index contributed by atoms with van der Waals surface area (Å²) in [6, 6.07) is 2.03. The minimum atomic E-state index is 1.01. The van der Waals surface area contributed by atoms with Gasteiger partial charge in [0.05, 0.1) is 25.2 Å². The standard InChI is InChI=1S/C22H44N/c1-3-5-13-19-23(20-14-6-4-2,21-15-9-7-10-16-21)22-17-11-8-12-18-22/h21-22H,3-20H2,1-2H3/q+1. The van der Waals surface area contributed by atoms with Crippen LogP contribution in [0.15, 0.2) is 0 Å². The largest absolute Gasteiger partial charge is 0.319 e. The molecule has 0 unspecified atom stereocenters. The van der Waals surface area contributed by atoms with Gasteiger partial charge in [0.2, 0.25) is 0 Å². The second-order valence-corrected chi connectivity index (χ2v) is 8.55. The van der Waals surface area contributed by atoms with Crippen LogP contribution in [-0.2, 0) is 0 Å². The average Bonchev–Trinajstić information content (AvgIpc) is 2.62. The fourth-order valence-corrected chi connectivity index (χ4v) is 5.64. The number of hydrogen-bond acceptors (Lipinski definition) is 0. The fourth-order valence-electron chi connectivity index (χ4n) is 5.64. The molecule has 0 atom stereocenters. The lowest BCUT2D eigenvalue weighted by atomic mass is 9.84. The molecule has 0 aromatic heterocycles. The molecular formula is C22H44N+. The highest BCUT2D eigenvalue weighted by Gasteiger charge is 2.43. The molecule has 2 saturated carbocycles. The summed E-state index contributed by atoms with van der Waals surface area (Å²) in [6.45, 7) is 7.75. The first kappa shape index (κ1) is 19.3. The number of nitrogens with zero attached hydrogens (tertiary/aromatic N) is 1. The molecule has 0 aromatic rings. The van der Waals surface area contributed by atoms with Crippen LogP contribution >= 0.6 is 0 Å². The minimum Gasteiger partial charge on any atom is -0.319 e. The van der Waals surface area contributed by atoms with E-state index in [9.17, 15) is 0 Å². The van der Waals surface area contributed by atoms with Crippen LogP contribution in [0.2, 0.25) is 0 Å². The first-order valence-electron chi connectivity index (χ1n) is 11.2. The van der Waals surface area contributed by atoms with Gasteiger partial charge in [0.1, 0.15) is 0 Å². The van der Waals surface area contributed by atoms with Gasteiger partial charge in [-0.15, -0.1) is 0 Å². The third-order valence-electron chi connectivity index (χ3n) is 6.96. The topological polar surface area (TPSA) is 0 Å². The van der Waals surface area contributed by atoms with Crippen LogP contribution < -0.4 is 0 Å². The number of rotatable bonds is 10. The quantitative estimate of drug-likeness (QED) is 0.305. The zero-order valence-corrected chi connectivity index (χ0v) is 16.3. The predicted octanol–water partition coefficient (Wildman–Crippen LogP) is 6.85. The second kappa shape index (κ2) is 10.7. The lowest BCUT2D eigenvalue weighted by Crippen LogP contribution is -2.63. The Morgan fingerprint density at radius 3 is 1.30 bits per heavy atom. The van der Waals surface area contributed by atoms with Crippen LogP contribution in [0.4, 0.5) is 0 Å². The maximum atomic E-state index is 2.37. The molecule has 0 bridgehead atoms. The predicted molar refractivity (Wildman–Crippen MR) is 103 cm³/mol. The van der Waals surface area contributed by atoms with E-state index in [1.165, 1.54) is 116 Å². The highest BCUT2D eigenvalue weighted by molar-refractivity contribution is 4.75. The van der Waals surface area contributed by atoms with Gasteiger partial charge in [-0.2, -0.15) is 0 Å². The van der Waals surface area contributed by atoms with E-state index in [0.717, 1.165) is 12.1 Å². The molecule has 0 radical (unpaired) electrons. The first-order chi connectivity index (χ1) is 11.3. The molecule has 0 heterocycles. The van der Waals surface area contributed by atoms with Crippen LogP contribution in [0.25, 0.3) is 0 Å². The Bertz CT molecular complexity index is 256. The molecule has 136 valence electrons. The second-order valence-electron chi connectivity index (χ2n) is 8.55. The van der Waals surface area contributed by atoms with E-state index in [-0.39, 0.29) is 0 Å². The van der Waals surface area contributed by atoms with Gasteiger partial charge in [-0.25, -0.2) is 0 Å². The first-order valence-corrected chi connectivity index (χ1v) is 11.2. The lowest BCUT2D eigenvalue weighted by molar-refractivity contribution is -0.976. The molecule has 0 saturated heterocycles. The van der Waals surface area contributed by atoms with Gasteiger partial charge < -0.3 is 4.48 Å². The van der Waals surface area contributed by atoms with Crippen molar-refractivity contribution in [3.63, 3.8) is 0 Å². The van der Waals surface area contributed by atoms with E-state index in [1.807, 2.05) is 0 Å². The smallest absolute Gasteiger partial charge is 0.0892 e. The van der Waals surface area contributed by atoms with Crippen molar-refractivity contribution >= 4 is 0 Å². The van der Waals surface area contributed by atoms with Gasteiger partial charge in [-0.3, -0.25) is 0 Å². The van der Waals surface area contributed by atoms with Crippen molar-refractivity contribution in [1.29, 1.82) is 0 Å². The summed E-state index contributed by atoms with van der Waals surface area (Å²) in [4.78, 5) is 0. The molecule has 0 N–H and O–H groups in total. The highest BCUT2D eigenvalue weighted by atomic mass is 15.4. The third kappa shape index (κ3) is 5.48. The Balaban J connectivity index is 2.13. The maximum Gasteiger partial charge on any atom is 0.0892 e. The Kier molecular flexibility index (Phi) is 9.01. The van der Waals surface area contributed by atoms with Gasteiger partial charge in [0.25, 0.3) is 0 Å². The van der Waals surface area contributed by atoms with Crippen LogP contribution in [0.5, 0.6) is 0 Å². The van der Waals surface area contributed by atoms with E-state index in [1.54, 1.807) is 4.48 Å². The van der Waals surface area contributed by atoms with Gasteiger partial charge in [-0.1, -0.05) is 39.5 Å². The molecule has 0 aromatic carbocycles. The zero-order valence-electron chi connectivity index (χ0n) is 16.3. The highest BCUT2D eigenvalue weighted by Crippen LogP contribution is 2.38. The molecule has 1 heteroatoms. The van der Waals surface area contributed by atoms with Gasteiger partial charge in [0, 0.05) is 0 Å². The Morgan fingerprint density at radius 1 is 0.565 bits per heavy atom. The lowest BCUT2D eigenvalue weighted by Gasteiger charge is -2.53. The molecule has 2 rings (SSSR count). The van der Waals surface area contributed by atoms with E-state index in [2.05, 4.69) is 13.8 Å². The average molecular weight is 323 g/mol. The van der Waals surface area contributed by atoms with E-state index in [4.69, 9.17) is 0 Å². The molecule has 0 amide bonds. The number of quaternary nitrogens is 1. The summed E-state index contributed by atoms with van der Waals surface area (Å²) in [5.74, 6) is 0. The summed E-state index contributed by atoms with van der Waals surface area (Å²) in [6.07, 6.45) is 23.8. The van der Waals surface area contributed by atoms with Gasteiger partial charge >= 0.3 is 0 Å². The van der Waals surface area contributed by atoms with Gasteiger partial charge in [-0.05, 0) is 77.0 Å². The maximum absolute atomic E-state index is 2.37. The minimum absolute atomic E-state index is 1.01. The summed E-state index contributed by atoms with van der Waals surface area (Å²) in [7, 11) is 0. The SMILES string of the molecule is CCCCC[N+](CCCCC)(C1CCCCC1)C1CCCCC1. The molecule has 2 fully saturated rings. The normalized spacial score (nSPS) is 21.7. The summed E-state index contributed by atoms with van der Waals surface area (Å²) in [5.41, 5.74) is 0.